The van der Waals surface area contributed by atoms with Crippen LogP contribution in [0, 0.1) is 17.0 Å². The fourth-order valence-electron chi connectivity index (χ4n) is 2.65. The van der Waals surface area contributed by atoms with Crippen molar-refractivity contribution < 1.29 is 19.2 Å². The number of aryl methyl sites for hydroxylation is 1. The van der Waals surface area contributed by atoms with Gasteiger partial charge in [0.05, 0.1) is 10.5 Å². The minimum absolute atomic E-state index is 0.0472. The number of hydrogen-bond donors (Lipinski definition) is 0. The number of allylic oxidation sites excluding steroid dienone is 1. The summed E-state index contributed by atoms with van der Waals surface area (Å²) in [6, 6.07) is 9.46. The first-order chi connectivity index (χ1) is 12.3. The van der Waals surface area contributed by atoms with Crippen molar-refractivity contribution in [1.29, 1.82) is 0 Å². The molecule has 0 aliphatic carbocycles. The molecule has 0 atom stereocenters. The molecule has 1 aliphatic rings. The molecular formula is C20H17NO5. The third-order valence-corrected chi connectivity index (χ3v) is 3.81. The zero-order valence-corrected chi connectivity index (χ0v) is 14.4. The van der Waals surface area contributed by atoms with Crippen LogP contribution in [0.5, 0.6) is 11.5 Å². The fraction of sp³-hybridized carbons (Fsp3) is 0.150. The van der Waals surface area contributed by atoms with Gasteiger partial charge in [0.25, 0.3) is 5.69 Å². The molecule has 6 nitrogen and oxygen atoms in total. The first-order valence-corrected chi connectivity index (χ1v) is 7.95. The molecule has 0 spiro atoms. The van der Waals surface area contributed by atoms with Gasteiger partial charge in [-0.05, 0) is 42.7 Å². The highest BCUT2D eigenvalue weighted by Crippen LogP contribution is 2.37. The van der Waals surface area contributed by atoms with E-state index < -0.39 is 4.92 Å². The van der Waals surface area contributed by atoms with Gasteiger partial charge in [-0.15, -0.1) is 0 Å². The maximum Gasteiger partial charge on any atom is 0.270 e. The van der Waals surface area contributed by atoms with Crippen LogP contribution in [0.2, 0.25) is 0 Å². The minimum atomic E-state index is -0.483. The number of nitrogens with zero attached hydrogens (tertiary/aromatic N) is 1. The first kappa shape index (κ1) is 17.4. The van der Waals surface area contributed by atoms with Gasteiger partial charge in [-0.3, -0.25) is 14.9 Å². The van der Waals surface area contributed by atoms with Gasteiger partial charge in [-0.1, -0.05) is 18.7 Å². The molecule has 0 N–H and O–H groups in total. The Morgan fingerprint density at radius 2 is 2.12 bits per heavy atom. The van der Waals surface area contributed by atoms with E-state index in [1.807, 2.05) is 13.8 Å². The molecule has 132 valence electrons. The number of carbonyl (C=O) groups is 1. The lowest BCUT2D eigenvalue weighted by atomic mass is 10.0. The molecular weight excluding hydrogens is 334 g/mol. The lowest BCUT2D eigenvalue weighted by molar-refractivity contribution is -0.384. The summed E-state index contributed by atoms with van der Waals surface area (Å²) >= 11 is 0. The second-order valence-electron chi connectivity index (χ2n) is 6.15. The van der Waals surface area contributed by atoms with Crippen LogP contribution in [0.15, 0.2) is 54.3 Å². The van der Waals surface area contributed by atoms with Gasteiger partial charge in [0.1, 0.15) is 18.1 Å². The third-order valence-electron chi connectivity index (χ3n) is 3.81. The van der Waals surface area contributed by atoms with Crippen LogP contribution in [0.4, 0.5) is 5.69 Å². The first-order valence-electron chi connectivity index (χ1n) is 7.95. The summed E-state index contributed by atoms with van der Waals surface area (Å²) < 4.78 is 11.3. The summed E-state index contributed by atoms with van der Waals surface area (Å²) in [4.78, 5) is 23.0. The Morgan fingerprint density at radius 1 is 1.35 bits per heavy atom. The van der Waals surface area contributed by atoms with Crippen LogP contribution >= 0.6 is 0 Å². The van der Waals surface area contributed by atoms with Crippen molar-refractivity contribution >= 4 is 17.5 Å². The highest BCUT2D eigenvalue weighted by Gasteiger charge is 2.30. The van der Waals surface area contributed by atoms with Gasteiger partial charge >= 0.3 is 0 Å². The van der Waals surface area contributed by atoms with E-state index in [2.05, 4.69) is 6.58 Å². The number of benzene rings is 2. The van der Waals surface area contributed by atoms with Crippen molar-refractivity contribution in [2.24, 2.45) is 0 Å². The second kappa shape index (κ2) is 6.84. The van der Waals surface area contributed by atoms with Crippen molar-refractivity contribution in [3.63, 3.8) is 0 Å². The van der Waals surface area contributed by atoms with Gasteiger partial charge in [0, 0.05) is 18.2 Å². The van der Waals surface area contributed by atoms with Crippen molar-refractivity contribution in [1.82, 2.24) is 0 Å². The third kappa shape index (κ3) is 3.49. The monoisotopic (exact) mass is 351 g/mol. The summed E-state index contributed by atoms with van der Waals surface area (Å²) in [7, 11) is 0. The van der Waals surface area contributed by atoms with Gasteiger partial charge < -0.3 is 9.47 Å². The Balaban J connectivity index is 1.92. The van der Waals surface area contributed by atoms with Gasteiger partial charge in [0.2, 0.25) is 5.78 Å². The summed E-state index contributed by atoms with van der Waals surface area (Å²) in [5.41, 5.74) is 2.57. The van der Waals surface area contributed by atoms with Crippen molar-refractivity contribution in [2.75, 3.05) is 6.61 Å². The zero-order valence-electron chi connectivity index (χ0n) is 14.4. The molecule has 3 rings (SSSR count). The molecule has 0 aromatic heterocycles. The Labute approximate surface area is 150 Å². The quantitative estimate of drug-likeness (QED) is 0.344. The van der Waals surface area contributed by atoms with Crippen molar-refractivity contribution in [3.05, 3.63) is 81.1 Å². The van der Waals surface area contributed by atoms with E-state index in [0.717, 1.165) is 11.1 Å². The Kier molecular flexibility index (Phi) is 4.58. The van der Waals surface area contributed by atoms with Crippen LogP contribution < -0.4 is 9.47 Å². The van der Waals surface area contributed by atoms with E-state index >= 15 is 0 Å². The lowest BCUT2D eigenvalue weighted by Crippen LogP contribution is -2.00. The molecule has 1 heterocycles. The SMILES string of the molecule is C=C(C)COc1cc(C)c2c(c1)O/C(=C\c1cccc([N+](=O)[O-])c1)C2=O. The molecule has 1 aliphatic heterocycles. The Morgan fingerprint density at radius 3 is 2.81 bits per heavy atom. The molecule has 0 amide bonds. The maximum absolute atomic E-state index is 12.6. The van der Waals surface area contributed by atoms with E-state index in [9.17, 15) is 14.9 Å². The largest absolute Gasteiger partial charge is 0.489 e. The number of non-ortho nitro benzene ring substituents is 1. The minimum Gasteiger partial charge on any atom is -0.489 e. The predicted octanol–water partition coefficient (Wildman–Crippen LogP) is 4.47. The number of nitro groups is 1. The molecule has 2 aromatic rings. The van der Waals surface area contributed by atoms with E-state index in [4.69, 9.17) is 9.47 Å². The Hall–Kier alpha value is -3.41. The van der Waals surface area contributed by atoms with Crippen LogP contribution in [-0.4, -0.2) is 17.3 Å². The van der Waals surface area contributed by atoms with Gasteiger partial charge in [-0.2, -0.15) is 0 Å². The smallest absolute Gasteiger partial charge is 0.270 e. The number of nitro benzene ring substituents is 1. The van der Waals surface area contributed by atoms with Crippen molar-refractivity contribution in [3.8, 4) is 11.5 Å². The molecule has 6 heteroatoms. The average molecular weight is 351 g/mol. The average Bonchev–Trinajstić information content (AvgIpc) is 2.89. The summed E-state index contributed by atoms with van der Waals surface area (Å²) in [6.45, 7) is 7.84. The van der Waals surface area contributed by atoms with E-state index in [0.29, 0.717) is 29.2 Å². The van der Waals surface area contributed by atoms with Crippen LogP contribution in [0.25, 0.3) is 6.08 Å². The summed E-state index contributed by atoms with van der Waals surface area (Å²) in [6.07, 6.45) is 1.50. The molecule has 0 saturated heterocycles. The van der Waals surface area contributed by atoms with Crippen LogP contribution in [-0.2, 0) is 0 Å². The maximum atomic E-state index is 12.6. The molecule has 0 saturated carbocycles. The normalized spacial score (nSPS) is 14.1. The zero-order chi connectivity index (χ0) is 18.8. The number of Topliss-reactive ketones (excluding diaryl/α,β-unsaturated/α-hetero) is 1. The molecule has 2 aromatic carbocycles. The second-order valence-corrected chi connectivity index (χ2v) is 6.15. The number of hydrogen-bond acceptors (Lipinski definition) is 5. The lowest BCUT2D eigenvalue weighted by Gasteiger charge is -2.08. The molecule has 0 unspecified atom stereocenters. The summed E-state index contributed by atoms with van der Waals surface area (Å²) in [5, 5.41) is 10.9. The predicted molar refractivity (Wildman–Crippen MR) is 97.5 cm³/mol. The van der Waals surface area contributed by atoms with E-state index in [-0.39, 0.29) is 17.2 Å². The fourth-order valence-corrected chi connectivity index (χ4v) is 2.65. The van der Waals surface area contributed by atoms with Gasteiger partial charge in [-0.25, -0.2) is 0 Å². The van der Waals surface area contributed by atoms with Crippen LogP contribution in [0.3, 0.4) is 0 Å². The highest BCUT2D eigenvalue weighted by atomic mass is 16.6. The summed E-state index contributed by atoms with van der Waals surface area (Å²) in [5.74, 6) is 0.883. The van der Waals surface area contributed by atoms with Crippen LogP contribution in [0.1, 0.15) is 28.4 Å². The number of ether oxygens (including phenoxy) is 2. The number of fused-ring (bicyclic) bond motifs is 1. The standard InChI is InChI=1S/C20H17NO5/c1-12(2)11-25-16-7-13(3)19-17(10-16)26-18(20(19)22)9-14-5-4-6-15(8-14)21(23)24/h4-10H,1,11H2,2-3H3/b18-9-. The highest BCUT2D eigenvalue weighted by molar-refractivity contribution is 6.15. The van der Waals surface area contributed by atoms with Crippen molar-refractivity contribution in [2.45, 2.75) is 13.8 Å². The molecule has 0 bridgehead atoms. The topological polar surface area (TPSA) is 78.7 Å². The molecule has 0 fully saturated rings. The number of rotatable bonds is 5. The van der Waals surface area contributed by atoms with E-state index in [1.54, 1.807) is 24.3 Å². The number of carbonyl (C=O) groups excluding carboxylic acids is 1. The Bertz CT molecular complexity index is 959. The molecule has 0 radical (unpaired) electrons. The molecule has 26 heavy (non-hydrogen) atoms. The van der Waals surface area contributed by atoms with Gasteiger partial charge in [0.15, 0.2) is 5.76 Å². The number of ketones is 1. The van der Waals surface area contributed by atoms with E-state index in [1.165, 1.54) is 18.2 Å².